The number of ether oxygens (including phenoxy) is 2. The van der Waals surface area contributed by atoms with Gasteiger partial charge in [-0.1, -0.05) is 0 Å². The monoisotopic (exact) mass is 248 g/mol. The molecule has 6 heteroatoms. The first kappa shape index (κ1) is 12.3. The Morgan fingerprint density at radius 3 is 2.61 bits per heavy atom. The number of methoxy groups -OCH3 is 2. The van der Waals surface area contributed by atoms with Crippen molar-refractivity contribution < 1.29 is 9.47 Å². The summed E-state index contributed by atoms with van der Waals surface area (Å²) in [4.78, 5) is 14.9. The first-order valence-electron chi connectivity index (χ1n) is 5.58. The Morgan fingerprint density at radius 1 is 1.17 bits per heavy atom. The second kappa shape index (κ2) is 5.03. The van der Waals surface area contributed by atoms with E-state index in [1.54, 1.807) is 26.5 Å². The molecule has 0 saturated heterocycles. The number of hydrogen-bond acceptors (Lipinski definition) is 6. The van der Waals surface area contributed by atoms with Crippen LogP contribution >= 0.6 is 0 Å². The van der Waals surface area contributed by atoms with E-state index in [0.717, 1.165) is 11.4 Å². The largest absolute Gasteiger partial charge is 0.481 e. The number of rotatable bonds is 3. The fourth-order valence-corrected chi connectivity index (χ4v) is 1.66. The van der Waals surface area contributed by atoms with Crippen LogP contribution in [-0.2, 0) is 4.74 Å². The van der Waals surface area contributed by atoms with Crippen molar-refractivity contribution in [2.45, 2.75) is 13.8 Å². The van der Waals surface area contributed by atoms with E-state index >= 15 is 0 Å². The standard InChI is InChI=1S/C12H16N4O2/c1-8-5-10(17-3)15-12(14-8)16-6-9(2)13-11(7-16)18-4/h5,7H,6H2,1-4H3. The summed E-state index contributed by atoms with van der Waals surface area (Å²) in [7, 11) is 3.18. The van der Waals surface area contributed by atoms with Crippen LogP contribution < -0.4 is 9.64 Å². The van der Waals surface area contributed by atoms with Crippen LogP contribution in [0.25, 0.3) is 0 Å². The number of anilines is 1. The predicted octanol–water partition coefficient (Wildman–Crippen LogP) is 1.52. The van der Waals surface area contributed by atoms with Crippen LogP contribution in [0.3, 0.4) is 0 Å². The zero-order valence-corrected chi connectivity index (χ0v) is 11.0. The van der Waals surface area contributed by atoms with Gasteiger partial charge in [0, 0.05) is 17.5 Å². The van der Waals surface area contributed by atoms with Gasteiger partial charge in [0.25, 0.3) is 0 Å². The molecule has 0 amide bonds. The normalized spacial score (nSPS) is 15.0. The van der Waals surface area contributed by atoms with Crippen LogP contribution in [-0.4, -0.2) is 36.4 Å². The van der Waals surface area contributed by atoms with Gasteiger partial charge in [-0.15, -0.1) is 0 Å². The smallest absolute Gasteiger partial charge is 0.233 e. The summed E-state index contributed by atoms with van der Waals surface area (Å²) in [5, 5.41) is 0. The highest BCUT2D eigenvalue weighted by Gasteiger charge is 2.16. The maximum atomic E-state index is 5.15. The maximum absolute atomic E-state index is 5.15. The minimum absolute atomic E-state index is 0.544. The molecule has 0 fully saturated rings. The molecule has 1 aliphatic rings. The van der Waals surface area contributed by atoms with E-state index in [9.17, 15) is 0 Å². The average Bonchev–Trinajstić information content (AvgIpc) is 2.37. The second-order valence-electron chi connectivity index (χ2n) is 4.00. The van der Waals surface area contributed by atoms with E-state index in [-0.39, 0.29) is 0 Å². The van der Waals surface area contributed by atoms with Gasteiger partial charge in [0.05, 0.1) is 27.0 Å². The molecule has 1 aliphatic heterocycles. The molecular weight excluding hydrogens is 232 g/mol. The first-order chi connectivity index (χ1) is 8.62. The van der Waals surface area contributed by atoms with E-state index in [2.05, 4.69) is 15.0 Å². The van der Waals surface area contributed by atoms with Gasteiger partial charge >= 0.3 is 0 Å². The minimum atomic E-state index is 0.544. The van der Waals surface area contributed by atoms with Crippen LogP contribution in [0.4, 0.5) is 5.95 Å². The third-order valence-corrected chi connectivity index (χ3v) is 2.46. The third kappa shape index (κ3) is 2.58. The first-order valence-corrected chi connectivity index (χ1v) is 5.58. The van der Waals surface area contributed by atoms with Crippen LogP contribution in [0.1, 0.15) is 12.6 Å². The van der Waals surface area contributed by atoms with Crippen molar-refractivity contribution in [3.63, 3.8) is 0 Å². The zero-order chi connectivity index (χ0) is 13.1. The molecule has 2 rings (SSSR count). The lowest BCUT2D eigenvalue weighted by atomic mass is 10.3. The van der Waals surface area contributed by atoms with Crippen LogP contribution in [0.2, 0.25) is 0 Å². The van der Waals surface area contributed by atoms with Crippen molar-refractivity contribution in [2.75, 3.05) is 25.7 Å². The lowest BCUT2D eigenvalue weighted by Gasteiger charge is -2.22. The summed E-state index contributed by atoms with van der Waals surface area (Å²) in [6.45, 7) is 4.48. The molecule has 0 spiro atoms. The highest BCUT2D eigenvalue weighted by molar-refractivity contribution is 5.88. The molecule has 18 heavy (non-hydrogen) atoms. The second-order valence-corrected chi connectivity index (χ2v) is 4.00. The Hall–Kier alpha value is -2.11. The quantitative estimate of drug-likeness (QED) is 0.811. The fraction of sp³-hybridized carbons (Fsp3) is 0.417. The molecule has 0 N–H and O–H groups in total. The summed E-state index contributed by atoms with van der Waals surface area (Å²) in [5.74, 6) is 1.67. The van der Waals surface area contributed by atoms with Crippen molar-refractivity contribution in [1.29, 1.82) is 0 Å². The predicted molar refractivity (Wildman–Crippen MR) is 68.9 cm³/mol. The summed E-state index contributed by atoms with van der Waals surface area (Å²) >= 11 is 0. The Kier molecular flexibility index (Phi) is 3.45. The SMILES string of the molecule is COC1=CN(c2nc(C)cc(OC)n2)CC(C)=N1. The van der Waals surface area contributed by atoms with Gasteiger partial charge in [-0.05, 0) is 13.8 Å². The minimum Gasteiger partial charge on any atom is -0.481 e. The van der Waals surface area contributed by atoms with Gasteiger partial charge in [-0.3, -0.25) is 0 Å². The molecule has 0 radical (unpaired) electrons. The summed E-state index contributed by atoms with van der Waals surface area (Å²) < 4.78 is 10.3. The molecule has 2 heterocycles. The molecule has 0 aromatic carbocycles. The van der Waals surface area contributed by atoms with E-state index in [0.29, 0.717) is 24.3 Å². The van der Waals surface area contributed by atoms with E-state index in [1.165, 1.54) is 0 Å². The van der Waals surface area contributed by atoms with E-state index in [4.69, 9.17) is 9.47 Å². The highest BCUT2D eigenvalue weighted by atomic mass is 16.5. The molecule has 0 bridgehead atoms. The highest BCUT2D eigenvalue weighted by Crippen LogP contribution is 2.19. The van der Waals surface area contributed by atoms with Crippen molar-refractivity contribution >= 4 is 11.7 Å². The van der Waals surface area contributed by atoms with Crippen LogP contribution in [0.15, 0.2) is 23.1 Å². The molecule has 0 atom stereocenters. The van der Waals surface area contributed by atoms with Crippen LogP contribution in [0, 0.1) is 6.92 Å². The zero-order valence-electron chi connectivity index (χ0n) is 11.0. The van der Waals surface area contributed by atoms with Gasteiger partial charge in [-0.2, -0.15) is 4.98 Å². The molecule has 1 aromatic heterocycles. The van der Waals surface area contributed by atoms with Crippen molar-refractivity contribution in [3.05, 3.63) is 23.8 Å². The molecule has 6 nitrogen and oxygen atoms in total. The van der Waals surface area contributed by atoms with E-state index in [1.807, 2.05) is 18.7 Å². The van der Waals surface area contributed by atoms with E-state index < -0.39 is 0 Å². The Bertz CT molecular complexity index is 511. The lowest BCUT2D eigenvalue weighted by Crippen LogP contribution is -2.29. The number of aliphatic imine (C=N–C) groups is 1. The van der Waals surface area contributed by atoms with Gasteiger partial charge in [0.15, 0.2) is 0 Å². The Morgan fingerprint density at radius 2 is 1.94 bits per heavy atom. The topological polar surface area (TPSA) is 59.8 Å². The number of hydrogen-bond donors (Lipinski definition) is 0. The van der Waals surface area contributed by atoms with Gasteiger partial charge in [0.1, 0.15) is 0 Å². The van der Waals surface area contributed by atoms with Crippen molar-refractivity contribution in [1.82, 2.24) is 9.97 Å². The van der Waals surface area contributed by atoms with Crippen LogP contribution in [0.5, 0.6) is 5.88 Å². The third-order valence-electron chi connectivity index (χ3n) is 2.46. The molecular formula is C12H16N4O2. The van der Waals surface area contributed by atoms with Crippen molar-refractivity contribution in [3.8, 4) is 5.88 Å². The molecule has 0 saturated carbocycles. The molecule has 0 aliphatic carbocycles. The Labute approximate surface area is 106 Å². The summed E-state index contributed by atoms with van der Waals surface area (Å²) in [6.07, 6.45) is 1.78. The maximum Gasteiger partial charge on any atom is 0.233 e. The lowest BCUT2D eigenvalue weighted by molar-refractivity contribution is 0.285. The van der Waals surface area contributed by atoms with Gasteiger partial charge in [-0.25, -0.2) is 9.98 Å². The molecule has 1 aromatic rings. The summed E-state index contributed by atoms with van der Waals surface area (Å²) in [5.41, 5.74) is 1.79. The average molecular weight is 248 g/mol. The van der Waals surface area contributed by atoms with Gasteiger partial charge in [0.2, 0.25) is 17.7 Å². The summed E-state index contributed by atoms with van der Waals surface area (Å²) in [6, 6.07) is 1.79. The van der Waals surface area contributed by atoms with Gasteiger partial charge < -0.3 is 14.4 Å². The number of aryl methyl sites for hydroxylation is 1. The number of nitrogens with zero attached hydrogens (tertiary/aromatic N) is 4. The molecule has 0 unspecified atom stereocenters. The Balaban J connectivity index is 2.35. The fourth-order valence-electron chi connectivity index (χ4n) is 1.66. The van der Waals surface area contributed by atoms with Crippen molar-refractivity contribution in [2.24, 2.45) is 4.99 Å². The number of aromatic nitrogens is 2. The molecule has 96 valence electrons.